The van der Waals surface area contributed by atoms with Gasteiger partial charge < -0.3 is 39.6 Å². The summed E-state index contributed by atoms with van der Waals surface area (Å²) in [6, 6.07) is 0. The number of carbonyl (C=O) groups is 2. The Morgan fingerprint density at radius 1 is 0.978 bits per heavy atom. The maximum absolute atomic E-state index is 14.0. The van der Waals surface area contributed by atoms with Gasteiger partial charge in [-0.3, -0.25) is 9.59 Å². The quantitative estimate of drug-likeness (QED) is 0.173. The predicted molar refractivity (Wildman–Crippen MR) is 178 cm³/mol. The number of hydrogen-bond donors (Lipinski definition) is 4. The van der Waals surface area contributed by atoms with Crippen LogP contribution in [0.3, 0.4) is 0 Å². The zero-order valence-electron chi connectivity index (χ0n) is 29.9. The van der Waals surface area contributed by atoms with E-state index in [4.69, 9.17) is 18.9 Å². The van der Waals surface area contributed by atoms with Crippen molar-refractivity contribution in [3.63, 3.8) is 0 Å². The van der Waals surface area contributed by atoms with E-state index in [1.165, 1.54) is 6.92 Å². The van der Waals surface area contributed by atoms with E-state index in [1.54, 1.807) is 28.1 Å². The molecule has 0 saturated carbocycles. The topological polar surface area (TPSA) is 144 Å². The largest absolute Gasteiger partial charge is 0.459 e. The normalized spacial score (nSPS) is 47.6. The Morgan fingerprint density at radius 2 is 1.58 bits per heavy atom. The molecule has 4 N–H and O–H groups in total. The van der Waals surface area contributed by atoms with Crippen molar-refractivity contribution >= 4 is 21.0 Å². The van der Waals surface area contributed by atoms with E-state index >= 15 is 0 Å². The van der Waals surface area contributed by atoms with Crippen LogP contribution < -0.4 is 5.32 Å². The van der Waals surface area contributed by atoms with Gasteiger partial charge in [0.2, 0.25) is 0 Å². The van der Waals surface area contributed by atoms with Gasteiger partial charge in [-0.05, 0) is 58.4 Å². The first-order valence-electron chi connectivity index (χ1n) is 16.8. The number of methoxy groups -OCH3 is 2. The second kappa shape index (κ2) is 15.7. The van der Waals surface area contributed by atoms with E-state index in [1.807, 2.05) is 27.7 Å². The van der Waals surface area contributed by atoms with Gasteiger partial charge >= 0.3 is 5.97 Å². The first-order chi connectivity index (χ1) is 20.7. The van der Waals surface area contributed by atoms with Crippen molar-refractivity contribution in [3.05, 3.63) is 0 Å². The number of aliphatic hydroxyl groups excluding tert-OH is 1. The molecule has 2 saturated heterocycles. The highest BCUT2D eigenvalue weighted by Gasteiger charge is 2.59. The van der Waals surface area contributed by atoms with E-state index in [9.17, 15) is 24.9 Å². The Bertz CT molecular complexity index is 999. The molecule has 45 heavy (non-hydrogen) atoms. The fourth-order valence-corrected chi connectivity index (χ4v) is 8.59. The fourth-order valence-electron chi connectivity index (χ4n) is 7.94. The molecule has 2 aliphatic rings. The monoisotopic (exact) mass is 661 g/mol. The van der Waals surface area contributed by atoms with E-state index in [0.29, 0.717) is 12.8 Å². The number of Topliss-reactive ketones (excluding diaryl/α,β-unsaturated/α-hetero) is 1. The lowest BCUT2D eigenvalue weighted by Gasteiger charge is -2.56. The zero-order valence-corrected chi connectivity index (χ0v) is 31.0. The molecule has 2 rings (SSSR count). The third-order valence-corrected chi connectivity index (χ3v) is 12.7. The van der Waals surface area contributed by atoms with Crippen LogP contribution in [0.2, 0.25) is 0 Å². The van der Waals surface area contributed by atoms with Gasteiger partial charge in [0, 0.05) is 44.9 Å². The van der Waals surface area contributed by atoms with Gasteiger partial charge in [-0.1, -0.05) is 48.5 Å². The van der Waals surface area contributed by atoms with Crippen molar-refractivity contribution < 1.29 is 43.9 Å². The number of rotatable bonds is 8. The van der Waals surface area contributed by atoms with Crippen LogP contribution in [0.1, 0.15) is 94.9 Å². The molecular weight excluding hydrogens is 597 g/mol. The van der Waals surface area contributed by atoms with Crippen molar-refractivity contribution in [1.29, 1.82) is 0 Å². The Labute approximate surface area is 274 Å². The molecule has 11 heteroatoms. The minimum absolute atomic E-state index is 0.184. The summed E-state index contributed by atoms with van der Waals surface area (Å²) in [7, 11) is 6.01. The van der Waals surface area contributed by atoms with Crippen LogP contribution in [0.5, 0.6) is 0 Å². The number of nitrogens with one attached hydrogen (secondary N) is 1. The van der Waals surface area contributed by atoms with Crippen LogP contribution in [0.25, 0.3) is 0 Å². The lowest BCUT2D eigenvalue weighted by Crippen LogP contribution is -2.70. The summed E-state index contributed by atoms with van der Waals surface area (Å²) in [5.74, 6) is -3.62. The highest BCUT2D eigenvalue weighted by molar-refractivity contribution is 7.18. The molecular formula is C34H64NO9P. The molecule has 2 aliphatic heterocycles. The Balaban J connectivity index is 2.69. The third-order valence-electron chi connectivity index (χ3n) is 11.7. The summed E-state index contributed by atoms with van der Waals surface area (Å²) in [4.78, 5) is 27.6. The molecule has 2 heterocycles. The van der Waals surface area contributed by atoms with Crippen LogP contribution in [0.4, 0.5) is 0 Å². The van der Waals surface area contributed by atoms with Gasteiger partial charge in [-0.2, -0.15) is 0 Å². The summed E-state index contributed by atoms with van der Waals surface area (Å²) in [5.41, 5.74) is -4.21. The first kappa shape index (κ1) is 40.5. The average Bonchev–Trinajstić information content (AvgIpc) is 3.00. The number of ether oxygens (including phenoxy) is 4. The number of carbonyl (C=O) groups excluding carboxylic acids is 2. The average molecular weight is 662 g/mol. The summed E-state index contributed by atoms with van der Waals surface area (Å²) < 4.78 is 24.9. The molecule has 0 spiro atoms. The molecule has 2 unspecified atom stereocenters. The van der Waals surface area contributed by atoms with Crippen LogP contribution in [-0.4, -0.2) is 101 Å². The molecule has 264 valence electrons. The van der Waals surface area contributed by atoms with Crippen molar-refractivity contribution in [2.24, 2.45) is 35.5 Å². The smallest absolute Gasteiger partial charge is 0.309 e. The lowest BCUT2D eigenvalue weighted by molar-refractivity contribution is -0.282. The molecule has 0 aromatic rings. The van der Waals surface area contributed by atoms with Gasteiger partial charge in [0.25, 0.3) is 0 Å². The van der Waals surface area contributed by atoms with Gasteiger partial charge in [-0.15, -0.1) is 9.24 Å². The highest BCUT2D eigenvalue weighted by atomic mass is 31.0. The van der Waals surface area contributed by atoms with Crippen LogP contribution >= 0.6 is 9.24 Å². The van der Waals surface area contributed by atoms with Crippen molar-refractivity contribution in [3.8, 4) is 0 Å². The van der Waals surface area contributed by atoms with Crippen LogP contribution in [0.15, 0.2) is 0 Å². The summed E-state index contributed by atoms with van der Waals surface area (Å²) in [6.07, 6.45) is -1.83. The van der Waals surface area contributed by atoms with Crippen molar-refractivity contribution in [2.45, 2.75) is 141 Å². The Hall–Kier alpha value is -0.710. The van der Waals surface area contributed by atoms with E-state index in [2.05, 4.69) is 35.3 Å². The molecule has 2 fully saturated rings. The second-order valence-corrected chi connectivity index (χ2v) is 15.5. The summed E-state index contributed by atoms with van der Waals surface area (Å²) >= 11 is 0. The van der Waals surface area contributed by atoms with Gasteiger partial charge in [-0.25, -0.2) is 0 Å². The van der Waals surface area contributed by atoms with Gasteiger partial charge in [0.1, 0.15) is 23.1 Å². The lowest BCUT2D eigenvalue weighted by atomic mass is 9.65. The second-order valence-electron chi connectivity index (χ2n) is 14.5. The zero-order chi connectivity index (χ0) is 34.7. The first-order valence-corrected chi connectivity index (χ1v) is 17.4. The molecule has 0 aromatic carbocycles. The molecule has 0 aliphatic carbocycles. The molecule has 10 nitrogen and oxygen atoms in total. The molecule has 0 bridgehead atoms. The minimum Gasteiger partial charge on any atom is -0.459 e. The van der Waals surface area contributed by atoms with Crippen molar-refractivity contribution in [1.82, 2.24) is 5.32 Å². The Morgan fingerprint density at radius 3 is 2.09 bits per heavy atom. The molecule has 15 atom stereocenters. The third kappa shape index (κ3) is 7.96. The maximum atomic E-state index is 14.0. The van der Waals surface area contributed by atoms with Crippen molar-refractivity contribution in [2.75, 3.05) is 27.3 Å². The predicted octanol–water partition coefficient (Wildman–Crippen LogP) is 3.72. The SMILES string of the molecule is CCCNC[C@@]1(O)[C@H](C)OC([C@H]2[C@H](C)[C@@H](C)[C@](P)(OC)C[C@@H](C)C(=O)[C@H](C)[C@@H](O)[C@](C)(O)[C@@H](CC)OC(=O)[C@@H]2C)C[C@@]1(C)OC. The van der Waals surface area contributed by atoms with E-state index in [0.717, 1.165) is 13.0 Å². The summed E-state index contributed by atoms with van der Waals surface area (Å²) in [5, 5.41) is 37.3. The van der Waals surface area contributed by atoms with Gasteiger partial charge in [0.15, 0.2) is 0 Å². The molecule has 0 aromatic heterocycles. The molecule has 0 radical (unpaired) electrons. The highest BCUT2D eigenvalue weighted by Crippen LogP contribution is 2.49. The summed E-state index contributed by atoms with van der Waals surface area (Å²) in [6.45, 7) is 19.4. The number of ketones is 1. The minimum atomic E-state index is -1.87. The maximum Gasteiger partial charge on any atom is 0.309 e. The fraction of sp³-hybridized carbons (Fsp3) is 0.941. The number of aliphatic hydroxyl groups is 3. The van der Waals surface area contributed by atoms with E-state index < -0.39 is 76.2 Å². The van der Waals surface area contributed by atoms with Crippen LogP contribution in [-0.2, 0) is 28.5 Å². The number of cyclic esters (lactones) is 1. The standard InChI is InChI=1S/C34H64NO9P/c1-13-15-35-18-33(40)24(8)43-25(17-31(33,9)41-11)27-20(4)23(7)34(45,42-12)16-19(3)28(36)22(6)29(37)32(10,39)26(14-2)44-30(38)21(27)5/h19-27,29,35,37,39-40H,13-18,45H2,1-12H3/t19-,20-,21-,22+,23-,24+,25?,26-,27+,29-,31-,32-,33-,34+/m1/s1. The number of esters is 1. The van der Waals surface area contributed by atoms with E-state index in [-0.39, 0.29) is 30.6 Å². The van der Waals surface area contributed by atoms with Crippen LogP contribution in [0, 0.1) is 35.5 Å². The molecule has 0 amide bonds. The number of hydrogen-bond acceptors (Lipinski definition) is 10. The Kier molecular flexibility index (Phi) is 14.1. The van der Waals surface area contributed by atoms with Gasteiger partial charge in [0.05, 0.1) is 35.2 Å².